The quantitative estimate of drug-likeness (QED) is 0.863. The molecule has 0 radical (unpaired) electrons. The van der Waals surface area contributed by atoms with Crippen molar-refractivity contribution in [3.05, 3.63) is 46.2 Å². The van der Waals surface area contributed by atoms with Gasteiger partial charge in [-0.1, -0.05) is 11.6 Å². The van der Waals surface area contributed by atoms with Crippen LogP contribution in [0.15, 0.2) is 29.2 Å². The zero-order valence-electron chi connectivity index (χ0n) is 15.0. The first-order valence-corrected chi connectivity index (χ1v) is 10.3. The molecule has 8 heteroatoms. The van der Waals surface area contributed by atoms with Gasteiger partial charge >= 0.3 is 0 Å². The molecule has 0 aliphatic carbocycles. The van der Waals surface area contributed by atoms with Gasteiger partial charge in [-0.25, -0.2) is 8.42 Å². The Morgan fingerprint density at radius 2 is 1.65 bits per heavy atom. The summed E-state index contributed by atoms with van der Waals surface area (Å²) in [6, 6.07) is 6.40. The number of benzene rings is 1. The molecule has 1 N–H and O–H groups in total. The summed E-state index contributed by atoms with van der Waals surface area (Å²) in [5, 5.41) is 0.518. The molecule has 1 aliphatic rings. The first kappa shape index (κ1) is 18.8. The molecule has 2 heterocycles. The van der Waals surface area contributed by atoms with Crippen molar-refractivity contribution in [3.63, 3.8) is 0 Å². The van der Waals surface area contributed by atoms with E-state index in [1.54, 1.807) is 54.6 Å². The highest BCUT2D eigenvalue weighted by Gasteiger charge is 2.33. The van der Waals surface area contributed by atoms with Gasteiger partial charge in [-0.15, -0.1) is 0 Å². The summed E-state index contributed by atoms with van der Waals surface area (Å²) >= 11 is 5.86. The van der Waals surface area contributed by atoms with Crippen LogP contribution in [0.2, 0.25) is 5.02 Å². The zero-order valence-corrected chi connectivity index (χ0v) is 16.6. The minimum absolute atomic E-state index is 0.0457. The second-order valence-electron chi connectivity index (χ2n) is 6.55. The summed E-state index contributed by atoms with van der Waals surface area (Å²) in [6.45, 7) is 4.81. The average Bonchev–Trinajstić information content (AvgIpc) is 3.20. The third-order valence-electron chi connectivity index (χ3n) is 4.90. The molecule has 1 aromatic heterocycles. The Bertz CT molecular complexity index is 943. The predicted molar refractivity (Wildman–Crippen MR) is 102 cm³/mol. The molecular formula is C18H22ClN3O3S. The third-order valence-corrected chi connectivity index (χ3v) is 6.69. The number of nitrogens with zero attached hydrogens (tertiary/aromatic N) is 2. The first-order valence-electron chi connectivity index (χ1n) is 8.46. The van der Waals surface area contributed by atoms with Gasteiger partial charge in [0.2, 0.25) is 0 Å². The minimum atomic E-state index is -3.93. The molecule has 0 saturated carbocycles. The van der Waals surface area contributed by atoms with E-state index in [0.29, 0.717) is 35.2 Å². The maximum atomic E-state index is 13.1. The van der Waals surface area contributed by atoms with Gasteiger partial charge in [-0.05, 0) is 51.0 Å². The lowest BCUT2D eigenvalue weighted by atomic mass is 10.2. The summed E-state index contributed by atoms with van der Waals surface area (Å²) in [7, 11) is -2.15. The Morgan fingerprint density at radius 1 is 1.08 bits per heavy atom. The number of likely N-dealkylation sites (tertiary alicyclic amines) is 1. The van der Waals surface area contributed by atoms with Crippen LogP contribution in [0.4, 0.5) is 5.69 Å². The third kappa shape index (κ3) is 3.33. The van der Waals surface area contributed by atoms with Gasteiger partial charge in [0.1, 0.15) is 4.90 Å². The molecule has 0 atom stereocenters. The van der Waals surface area contributed by atoms with Gasteiger partial charge in [0.15, 0.2) is 0 Å². The average molecular weight is 396 g/mol. The monoisotopic (exact) mass is 395 g/mol. The first-order chi connectivity index (χ1) is 12.2. The molecule has 1 amide bonds. The van der Waals surface area contributed by atoms with Crippen LogP contribution in [0.5, 0.6) is 0 Å². The molecular weight excluding hydrogens is 374 g/mol. The number of anilines is 1. The van der Waals surface area contributed by atoms with Crippen molar-refractivity contribution in [2.45, 2.75) is 31.6 Å². The number of halogens is 1. The lowest BCUT2D eigenvalue weighted by Gasteiger charge is -2.17. The van der Waals surface area contributed by atoms with E-state index in [4.69, 9.17) is 11.6 Å². The smallest absolute Gasteiger partial charge is 0.264 e. The summed E-state index contributed by atoms with van der Waals surface area (Å²) in [6.07, 6.45) is 1.89. The highest BCUT2D eigenvalue weighted by atomic mass is 35.5. The Balaban J connectivity index is 2.06. The Kier molecular flexibility index (Phi) is 5.03. The van der Waals surface area contributed by atoms with E-state index in [1.807, 2.05) is 0 Å². The molecule has 1 fully saturated rings. The predicted octanol–water partition coefficient (Wildman–Crippen LogP) is 3.33. The van der Waals surface area contributed by atoms with E-state index >= 15 is 0 Å². The molecule has 2 aromatic rings. The van der Waals surface area contributed by atoms with Crippen LogP contribution >= 0.6 is 11.6 Å². The Hall–Kier alpha value is -1.99. The van der Waals surface area contributed by atoms with Crippen LogP contribution in [0, 0.1) is 13.8 Å². The van der Waals surface area contributed by atoms with Crippen molar-refractivity contribution in [2.24, 2.45) is 7.05 Å². The Morgan fingerprint density at radius 3 is 2.23 bits per heavy atom. The van der Waals surface area contributed by atoms with E-state index < -0.39 is 10.0 Å². The van der Waals surface area contributed by atoms with Crippen LogP contribution < -0.4 is 4.72 Å². The lowest BCUT2D eigenvalue weighted by molar-refractivity contribution is 0.0788. The van der Waals surface area contributed by atoms with Crippen LogP contribution in [0.25, 0.3) is 0 Å². The Labute approximate surface area is 158 Å². The van der Waals surface area contributed by atoms with Crippen molar-refractivity contribution in [2.75, 3.05) is 17.8 Å². The molecule has 3 rings (SSSR count). The number of hydrogen-bond acceptors (Lipinski definition) is 3. The summed E-state index contributed by atoms with van der Waals surface area (Å²) < 4.78 is 30.5. The van der Waals surface area contributed by atoms with E-state index in [1.165, 1.54) is 0 Å². The number of sulfonamides is 1. The molecule has 1 aliphatic heterocycles. The highest BCUT2D eigenvalue weighted by molar-refractivity contribution is 7.92. The summed E-state index contributed by atoms with van der Waals surface area (Å²) in [5.41, 5.74) is 1.84. The van der Waals surface area contributed by atoms with E-state index in [0.717, 1.165) is 12.8 Å². The van der Waals surface area contributed by atoms with Crippen LogP contribution in [-0.4, -0.2) is 36.9 Å². The molecule has 0 spiro atoms. The van der Waals surface area contributed by atoms with Crippen molar-refractivity contribution in [3.8, 4) is 0 Å². The summed E-state index contributed by atoms with van der Waals surface area (Å²) in [5.74, 6) is -0.222. The largest absolute Gasteiger partial charge is 0.350 e. The van der Waals surface area contributed by atoms with Gasteiger partial charge < -0.3 is 9.47 Å². The lowest BCUT2D eigenvalue weighted by Crippen LogP contribution is -2.30. The van der Waals surface area contributed by atoms with Crippen LogP contribution in [0.3, 0.4) is 0 Å². The zero-order chi connectivity index (χ0) is 19.1. The SMILES string of the molecule is Cc1c(C(=O)N2CCCC2)c(S(=O)(=O)Nc2ccc(Cl)cc2)c(C)n1C. The second-order valence-corrected chi connectivity index (χ2v) is 8.60. The normalized spacial score (nSPS) is 14.7. The van der Waals surface area contributed by atoms with E-state index in [2.05, 4.69) is 4.72 Å². The number of rotatable bonds is 4. The number of aromatic nitrogens is 1. The summed E-state index contributed by atoms with van der Waals surface area (Å²) in [4.78, 5) is 14.8. The van der Waals surface area contributed by atoms with Gasteiger partial charge in [0.05, 0.1) is 5.56 Å². The maximum Gasteiger partial charge on any atom is 0.264 e. The second kappa shape index (κ2) is 6.96. The minimum Gasteiger partial charge on any atom is -0.350 e. The molecule has 0 unspecified atom stereocenters. The van der Waals surface area contributed by atoms with Gasteiger partial charge in [0, 0.05) is 42.2 Å². The number of carbonyl (C=O) groups excluding carboxylic acids is 1. The standard InChI is InChI=1S/C18H22ClN3O3S/c1-12-16(18(23)22-10-4-5-11-22)17(13(2)21(12)3)26(24,25)20-15-8-6-14(19)7-9-15/h6-9,20H,4-5,10-11H2,1-3H3. The van der Waals surface area contributed by atoms with Crippen molar-refractivity contribution >= 4 is 33.2 Å². The van der Waals surface area contributed by atoms with Gasteiger partial charge in [-0.2, -0.15) is 0 Å². The van der Waals surface area contributed by atoms with Crippen molar-refractivity contribution in [1.82, 2.24) is 9.47 Å². The molecule has 0 bridgehead atoms. The van der Waals surface area contributed by atoms with Gasteiger partial charge in [0.25, 0.3) is 15.9 Å². The number of hydrogen-bond donors (Lipinski definition) is 1. The number of carbonyl (C=O) groups is 1. The molecule has 1 saturated heterocycles. The molecule has 140 valence electrons. The number of amides is 1. The van der Waals surface area contributed by atoms with Crippen LogP contribution in [-0.2, 0) is 17.1 Å². The van der Waals surface area contributed by atoms with Crippen molar-refractivity contribution in [1.29, 1.82) is 0 Å². The molecule has 1 aromatic carbocycles. The highest BCUT2D eigenvalue weighted by Crippen LogP contribution is 2.30. The number of nitrogens with one attached hydrogen (secondary N) is 1. The van der Waals surface area contributed by atoms with E-state index in [9.17, 15) is 13.2 Å². The fourth-order valence-corrected chi connectivity index (χ4v) is 5.00. The maximum absolute atomic E-state index is 13.1. The van der Waals surface area contributed by atoms with Gasteiger partial charge in [-0.3, -0.25) is 9.52 Å². The van der Waals surface area contributed by atoms with Crippen LogP contribution in [0.1, 0.15) is 34.6 Å². The fourth-order valence-electron chi connectivity index (χ4n) is 3.30. The van der Waals surface area contributed by atoms with Crippen molar-refractivity contribution < 1.29 is 13.2 Å². The molecule has 26 heavy (non-hydrogen) atoms. The topological polar surface area (TPSA) is 71.4 Å². The van der Waals surface area contributed by atoms with E-state index in [-0.39, 0.29) is 16.4 Å². The molecule has 6 nitrogen and oxygen atoms in total. The fraction of sp³-hybridized carbons (Fsp3) is 0.389.